The molecule has 0 spiro atoms. The highest BCUT2D eigenvalue weighted by Crippen LogP contribution is 2.20. The molecule has 1 atom stereocenters. The van der Waals surface area contributed by atoms with E-state index in [4.69, 9.17) is 16.3 Å². The Morgan fingerprint density at radius 1 is 1.38 bits per heavy atom. The summed E-state index contributed by atoms with van der Waals surface area (Å²) in [4.78, 5) is 36.7. The van der Waals surface area contributed by atoms with Crippen LogP contribution in [0.4, 0.5) is 4.79 Å². The normalized spacial score (nSPS) is 16.8. The third-order valence-electron chi connectivity index (χ3n) is 3.57. The zero-order chi connectivity index (χ0) is 17.5. The number of likely N-dealkylation sites (tertiary alicyclic amines) is 1. The van der Waals surface area contributed by atoms with Crippen LogP contribution in [0.3, 0.4) is 0 Å². The molecule has 130 valence electrons. The van der Waals surface area contributed by atoms with Crippen molar-refractivity contribution >= 4 is 29.5 Å². The molecule has 3 amide bonds. The zero-order valence-corrected chi connectivity index (χ0v) is 14.1. The molecule has 1 heterocycles. The second-order valence-corrected chi connectivity index (χ2v) is 5.81. The summed E-state index contributed by atoms with van der Waals surface area (Å²) in [5.41, 5.74) is 0.861. The Kier molecular flexibility index (Phi) is 6.43. The predicted molar refractivity (Wildman–Crippen MR) is 88.4 cm³/mol. The van der Waals surface area contributed by atoms with Crippen LogP contribution in [-0.2, 0) is 20.9 Å². The molecule has 8 heteroatoms. The Labute approximate surface area is 145 Å². The smallest absolute Gasteiger partial charge is 0.325 e. The maximum atomic E-state index is 12.1. The molecule has 1 aliphatic rings. The van der Waals surface area contributed by atoms with Gasteiger partial charge in [-0.3, -0.25) is 9.59 Å². The van der Waals surface area contributed by atoms with Crippen LogP contribution in [0.2, 0.25) is 5.02 Å². The lowest BCUT2D eigenvalue weighted by molar-refractivity contribution is -0.141. The van der Waals surface area contributed by atoms with Crippen molar-refractivity contribution in [3.63, 3.8) is 0 Å². The van der Waals surface area contributed by atoms with Gasteiger partial charge in [0.2, 0.25) is 5.91 Å². The monoisotopic (exact) mass is 353 g/mol. The van der Waals surface area contributed by atoms with Crippen molar-refractivity contribution in [2.45, 2.75) is 25.9 Å². The first-order valence-electron chi connectivity index (χ1n) is 7.70. The maximum Gasteiger partial charge on any atom is 0.325 e. The Morgan fingerprint density at radius 2 is 2.12 bits per heavy atom. The summed E-state index contributed by atoms with van der Waals surface area (Å²) in [5, 5.41) is 5.70. The molecule has 0 saturated carbocycles. The third-order valence-corrected chi connectivity index (χ3v) is 3.94. The van der Waals surface area contributed by atoms with Gasteiger partial charge >= 0.3 is 12.0 Å². The minimum Gasteiger partial charge on any atom is -0.465 e. The van der Waals surface area contributed by atoms with Crippen molar-refractivity contribution in [2.75, 3.05) is 19.7 Å². The molecule has 1 aliphatic heterocycles. The number of nitrogens with zero attached hydrogens (tertiary/aromatic N) is 1. The van der Waals surface area contributed by atoms with Gasteiger partial charge in [0.1, 0.15) is 6.54 Å². The van der Waals surface area contributed by atoms with E-state index >= 15 is 0 Å². The van der Waals surface area contributed by atoms with Crippen molar-refractivity contribution < 1.29 is 19.1 Å². The van der Waals surface area contributed by atoms with Gasteiger partial charge in [0.25, 0.3) is 0 Å². The minimum absolute atomic E-state index is 0.0504. The summed E-state index contributed by atoms with van der Waals surface area (Å²) in [5.74, 6) is -0.555. The number of carbonyl (C=O) groups is 3. The van der Waals surface area contributed by atoms with Gasteiger partial charge in [-0.15, -0.1) is 0 Å². The maximum absolute atomic E-state index is 12.1. The number of rotatable bonds is 6. The van der Waals surface area contributed by atoms with Crippen LogP contribution in [0.1, 0.15) is 18.9 Å². The van der Waals surface area contributed by atoms with Crippen LogP contribution < -0.4 is 10.6 Å². The number of urea groups is 1. The van der Waals surface area contributed by atoms with Crippen LogP contribution >= 0.6 is 11.6 Å². The van der Waals surface area contributed by atoms with Crippen molar-refractivity contribution in [1.29, 1.82) is 0 Å². The zero-order valence-electron chi connectivity index (χ0n) is 13.4. The molecule has 0 aliphatic carbocycles. The van der Waals surface area contributed by atoms with Gasteiger partial charge in [-0.1, -0.05) is 29.8 Å². The predicted octanol–water partition coefficient (Wildman–Crippen LogP) is 1.30. The fourth-order valence-corrected chi connectivity index (χ4v) is 2.65. The van der Waals surface area contributed by atoms with Crippen molar-refractivity contribution in [3.05, 3.63) is 34.9 Å². The molecule has 24 heavy (non-hydrogen) atoms. The van der Waals surface area contributed by atoms with E-state index in [2.05, 4.69) is 10.6 Å². The molecular weight excluding hydrogens is 334 g/mol. The summed E-state index contributed by atoms with van der Waals surface area (Å²) in [6.45, 7) is 2.55. The molecule has 0 radical (unpaired) electrons. The van der Waals surface area contributed by atoms with E-state index in [-0.39, 0.29) is 31.5 Å². The summed E-state index contributed by atoms with van der Waals surface area (Å²) in [7, 11) is 0. The molecule has 0 aromatic heterocycles. The van der Waals surface area contributed by atoms with Crippen LogP contribution in [0, 0.1) is 0 Å². The van der Waals surface area contributed by atoms with Gasteiger partial charge in [-0.2, -0.15) is 0 Å². The third kappa shape index (κ3) is 5.13. The van der Waals surface area contributed by atoms with E-state index in [0.29, 0.717) is 18.1 Å². The standard InChI is InChI=1S/C16H20ClN3O4/c1-2-24-15(22)8-18-16(23)19-12-7-14(21)20(10-12)9-11-5-3-4-6-13(11)17/h3-6,12H,2,7-10H2,1H3,(H2,18,19,23)/t12-/m1/s1. The van der Waals surface area contributed by atoms with E-state index in [0.717, 1.165) is 5.56 Å². The lowest BCUT2D eigenvalue weighted by atomic mass is 10.2. The number of nitrogens with one attached hydrogen (secondary N) is 2. The van der Waals surface area contributed by atoms with Crippen LogP contribution in [0.15, 0.2) is 24.3 Å². The summed E-state index contributed by atoms with van der Waals surface area (Å²) < 4.78 is 4.72. The van der Waals surface area contributed by atoms with E-state index in [1.807, 2.05) is 18.2 Å². The molecular formula is C16H20ClN3O4. The fraction of sp³-hybridized carbons (Fsp3) is 0.438. The van der Waals surface area contributed by atoms with E-state index in [9.17, 15) is 14.4 Å². The first kappa shape index (κ1) is 18.1. The number of hydrogen-bond acceptors (Lipinski definition) is 4. The topological polar surface area (TPSA) is 87.7 Å². The largest absolute Gasteiger partial charge is 0.465 e. The van der Waals surface area contributed by atoms with Gasteiger partial charge in [-0.05, 0) is 18.6 Å². The molecule has 7 nitrogen and oxygen atoms in total. The molecule has 1 aromatic carbocycles. The van der Waals surface area contributed by atoms with Crippen molar-refractivity contribution in [3.8, 4) is 0 Å². The van der Waals surface area contributed by atoms with Gasteiger partial charge in [-0.25, -0.2) is 4.79 Å². The molecule has 0 bridgehead atoms. The molecule has 1 fully saturated rings. The summed E-state index contributed by atoms with van der Waals surface area (Å²) >= 11 is 6.11. The lowest BCUT2D eigenvalue weighted by Crippen LogP contribution is -2.45. The highest BCUT2D eigenvalue weighted by Gasteiger charge is 2.30. The van der Waals surface area contributed by atoms with Crippen LogP contribution in [0.25, 0.3) is 0 Å². The number of hydrogen-bond donors (Lipinski definition) is 2. The number of benzene rings is 1. The molecule has 0 unspecified atom stereocenters. The quantitative estimate of drug-likeness (QED) is 0.755. The van der Waals surface area contributed by atoms with Gasteiger partial charge < -0.3 is 20.3 Å². The first-order chi connectivity index (χ1) is 11.5. The highest BCUT2D eigenvalue weighted by atomic mass is 35.5. The molecule has 2 rings (SSSR count). The lowest BCUT2D eigenvalue weighted by Gasteiger charge is -2.18. The Morgan fingerprint density at radius 3 is 2.83 bits per heavy atom. The number of halogens is 1. The van der Waals surface area contributed by atoms with Crippen molar-refractivity contribution in [1.82, 2.24) is 15.5 Å². The van der Waals surface area contributed by atoms with Crippen LogP contribution in [0.5, 0.6) is 0 Å². The second-order valence-electron chi connectivity index (χ2n) is 5.40. The van der Waals surface area contributed by atoms with E-state index in [1.54, 1.807) is 17.9 Å². The average molecular weight is 354 g/mol. The summed E-state index contributed by atoms with van der Waals surface area (Å²) in [6, 6.07) is 6.52. The molecule has 1 aromatic rings. The van der Waals surface area contributed by atoms with Crippen LogP contribution in [-0.4, -0.2) is 48.5 Å². The Hall–Kier alpha value is -2.28. The van der Waals surface area contributed by atoms with Gasteiger partial charge in [0.05, 0.1) is 12.6 Å². The van der Waals surface area contributed by atoms with E-state index in [1.165, 1.54) is 0 Å². The Bertz CT molecular complexity index is 623. The Balaban J connectivity index is 1.80. The summed E-state index contributed by atoms with van der Waals surface area (Å²) in [6.07, 6.45) is 0.220. The second kappa shape index (κ2) is 8.54. The molecule has 2 N–H and O–H groups in total. The number of ether oxygens (including phenoxy) is 1. The number of amides is 3. The van der Waals surface area contributed by atoms with E-state index < -0.39 is 12.0 Å². The fourth-order valence-electron chi connectivity index (χ4n) is 2.45. The number of carbonyl (C=O) groups excluding carboxylic acids is 3. The SMILES string of the molecule is CCOC(=O)CNC(=O)N[C@@H]1CC(=O)N(Cc2ccccc2Cl)C1. The first-order valence-corrected chi connectivity index (χ1v) is 8.08. The number of esters is 1. The highest BCUT2D eigenvalue weighted by molar-refractivity contribution is 6.31. The van der Waals surface area contributed by atoms with Gasteiger partial charge in [0, 0.05) is 24.5 Å². The van der Waals surface area contributed by atoms with Gasteiger partial charge in [0.15, 0.2) is 0 Å². The average Bonchev–Trinajstić information content (AvgIpc) is 2.87. The molecule has 1 saturated heterocycles. The van der Waals surface area contributed by atoms with Crippen molar-refractivity contribution in [2.24, 2.45) is 0 Å². The minimum atomic E-state index is -0.504.